The summed E-state index contributed by atoms with van der Waals surface area (Å²) in [6.07, 6.45) is 5.22. The molecule has 2 fully saturated rings. The number of benzene rings is 1. The molecule has 1 aromatic rings. The van der Waals surface area contributed by atoms with E-state index in [1.165, 1.54) is 11.1 Å². The third kappa shape index (κ3) is 2.24. The second-order valence-electron chi connectivity index (χ2n) is 8.01. The Hall–Kier alpha value is -1.06. The molecule has 0 saturated heterocycles. The maximum absolute atomic E-state index is 10.6. The second kappa shape index (κ2) is 5.49. The summed E-state index contributed by atoms with van der Waals surface area (Å²) in [6, 6.07) is 5.87. The van der Waals surface area contributed by atoms with Crippen molar-refractivity contribution in [3.63, 3.8) is 0 Å². The molecule has 0 spiro atoms. The van der Waals surface area contributed by atoms with Gasteiger partial charge < -0.3 is 14.9 Å². The van der Waals surface area contributed by atoms with Crippen LogP contribution in [-0.4, -0.2) is 29.0 Å². The first-order valence-corrected chi connectivity index (χ1v) is 9.16. The maximum atomic E-state index is 10.6. The van der Waals surface area contributed by atoms with E-state index in [1.807, 2.05) is 12.1 Å². The molecule has 0 heterocycles. The molecule has 4 rings (SSSR count). The first-order chi connectivity index (χ1) is 11.0. The SMILES string of the molecule is CCO[C@H]1C[C@]2(C)[C@@H](O)CC[C@H]2[C@@H]2CCc3cc(O)ccc3[C@H]21. The summed E-state index contributed by atoms with van der Waals surface area (Å²) in [6.45, 7) is 5.07. The van der Waals surface area contributed by atoms with Gasteiger partial charge in [-0.05, 0) is 79.5 Å². The molecule has 0 amide bonds. The topological polar surface area (TPSA) is 49.7 Å². The Morgan fingerprint density at radius 2 is 2.09 bits per heavy atom. The Kier molecular flexibility index (Phi) is 3.69. The Labute approximate surface area is 138 Å². The lowest BCUT2D eigenvalue weighted by molar-refractivity contribution is -0.103. The van der Waals surface area contributed by atoms with Gasteiger partial charge in [-0.25, -0.2) is 0 Å². The van der Waals surface area contributed by atoms with Crippen LogP contribution in [0.3, 0.4) is 0 Å². The summed E-state index contributed by atoms with van der Waals surface area (Å²) in [7, 11) is 0. The van der Waals surface area contributed by atoms with Crippen LogP contribution in [0.1, 0.15) is 56.6 Å². The number of ether oxygens (including phenoxy) is 1. The summed E-state index contributed by atoms with van der Waals surface area (Å²) in [5.74, 6) is 1.98. The van der Waals surface area contributed by atoms with Crippen molar-refractivity contribution in [1.82, 2.24) is 0 Å². The Morgan fingerprint density at radius 1 is 1.26 bits per heavy atom. The fraction of sp³-hybridized carbons (Fsp3) is 0.700. The molecule has 1 aromatic carbocycles. The van der Waals surface area contributed by atoms with Crippen LogP contribution in [0, 0.1) is 17.3 Å². The Balaban J connectivity index is 1.77. The summed E-state index contributed by atoms with van der Waals surface area (Å²) in [5, 5.41) is 20.4. The highest BCUT2D eigenvalue weighted by molar-refractivity contribution is 5.41. The molecule has 0 aliphatic heterocycles. The van der Waals surface area contributed by atoms with E-state index in [0.29, 0.717) is 23.5 Å². The van der Waals surface area contributed by atoms with E-state index in [2.05, 4.69) is 19.9 Å². The minimum Gasteiger partial charge on any atom is -0.508 e. The van der Waals surface area contributed by atoms with Gasteiger partial charge in [0, 0.05) is 12.5 Å². The average molecular weight is 316 g/mol. The minimum absolute atomic E-state index is 0.00935. The predicted octanol–water partition coefficient (Wildman–Crippen LogP) is 3.62. The quantitative estimate of drug-likeness (QED) is 0.876. The summed E-state index contributed by atoms with van der Waals surface area (Å²) in [4.78, 5) is 0. The van der Waals surface area contributed by atoms with Gasteiger partial charge >= 0.3 is 0 Å². The fourth-order valence-electron chi connectivity index (χ4n) is 5.97. The standard InChI is InChI=1S/C20H28O3/c1-3-23-17-11-20(2)16(8-9-18(20)22)15-6-4-12-10-13(21)5-7-14(12)19(15)17/h5,7,10,15-19,21-22H,3-4,6,8-9,11H2,1-2H3/t15-,16-,17-,18-,19+,20-/m0/s1. The van der Waals surface area contributed by atoms with Crippen LogP contribution in [0.4, 0.5) is 0 Å². The summed E-state index contributed by atoms with van der Waals surface area (Å²) in [5.41, 5.74) is 2.68. The highest BCUT2D eigenvalue weighted by atomic mass is 16.5. The van der Waals surface area contributed by atoms with Gasteiger partial charge in [-0.3, -0.25) is 0 Å². The molecule has 2 N–H and O–H groups in total. The van der Waals surface area contributed by atoms with Crippen molar-refractivity contribution in [1.29, 1.82) is 0 Å². The molecule has 0 bridgehead atoms. The van der Waals surface area contributed by atoms with Crippen molar-refractivity contribution in [2.24, 2.45) is 17.3 Å². The molecule has 3 aliphatic carbocycles. The number of phenols is 1. The van der Waals surface area contributed by atoms with Gasteiger partial charge in [0.1, 0.15) is 5.75 Å². The Bertz CT molecular complexity index is 599. The number of fused-ring (bicyclic) bond motifs is 5. The van der Waals surface area contributed by atoms with Gasteiger partial charge in [0.15, 0.2) is 0 Å². The Morgan fingerprint density at radius 3 is 2.87 bits per heavy atom. The molecule has 2 saturated carbocycles. The van der Waals surface area contributed by atoms with E-state index in [9.17, 15) is 10.2 Å². The lowest BCUT2D eigenvalue weighted by Crippen LogP contribution is -2.50. The fourth-order valence-corrected chi connectivity index (χ4v) is 5.97. The van der Waals surface area contributed by atoms with Crippen LogP contribution >= 0.6 is 0 Å². The van der Waals surface area contributed by atoms with Crippen LogP contribution in [0.15, 0.2) is 18.2 Å². The number of aromatic hydroxyl groups is 1. The van der Waals surface area contributed by atoms with Gasteiger partial charge in [-0.2, -0.15) is 0 Å². The van der Waals surface area contributed by atoms with E-state index in [0.717, 1.165) is 38.7 Å². The van der Waals surface area contributed by atoms with Crippen molar-refractivity contribution in [3.05, 3.63) is 29.3 Å². The number of rotatable bonds is 2. The largest absolute Gasteiger partial charge is 0.508 e. The third-order valence-electron chi connectivity index (χ3n) is 6.99. The lowest BCUT2D eigenvalue weighted by atomic mass is 9.54. The first kappa shape index (κ1) is 15.5. The molecule has 3 heteroatoms. The smallest absolute Gasteiger partial charge is 0.115 e. The third-order valence-corrected chi connectivity index (χ3v) is 6.99. The van der Waals surface area contributed by atoms with Crippen LogP contribution in [0.25, 0.3) is 0 Å². The lowest BCUT2D eigenvalue weighted by Gasteiger charge is -2.53. The van der Waals surface area contributed by atoms with Gasteiger partial charge in [-0.15, -0.1) is 0 Å². The van der Waals surface area contributed by atoms with Gasteiger partial charge in [-0.1, -0.05) is 13.0 Å². The molecule has 3 aliphatic rings. The molecule has 0 unspecified atom stereocenters. The number of aliphatic hydroxyl groups excluding tert-OH is 1. The molecule has 0 aromatic heterocycles. The van der Waals surface area contributed by atoms with Crippen LogP contribution in [0.2, 0.25) is 0 Å². The highest BCUT2D eigenvalue weighted by Gasteiger charge is 2.57. The van der Waals surface area contributed by atoms with E-state index in [1.54, 1.807) is 0 Å². The normalized spacial score (nSPS) is 42.0. The molecule has 126 valence electrons. The zero-order valence-electron chi connectivity index (χ0n) is 14.2. The minimum atomic E-state index is -0.183. The number of aliphatic hydroxyl groups is 1. The van der Waals surface area contributed by atoms with E-state index < -0.39 is 0 Å². The van der Waals surface area contributed by atoms with Gasteiger partial charge in [0.25, 0.3) is 0 Å². The number of hydrogen-bond donors (Lipinski definition) is 2. The van der Waals surface area contributed by atoms with E-state index in [-0.39, 0.29) is 17.6 Å². The molecule has 3 nitrogen and oxygen atoms in total. The second-order valence-corrected chi connectivity index (χ2v) is 8.01. The predicted molar refractivity (Wildman–Crippen MR) is 89.5 cm³/mol. The summed E-state index contributed by atoms with van der Waals surface area (Å²) < 4.78 is 6.19. The molecule has 6 atom stereocenters. The summed E-state index contributed by atoms with van der Waals surface area (Å²) >= 11 is 0. The van der Waals surface area contributed by atoms with Crippen molar-refractivity contribution in [3.8, 4) is 5.75 Å². The first-order valence-electron chi connectivity index (χ1n) is 9.16. The number of aryl methyl sites for hydroxylation is 1. The van der Waals surface area contributed by atoms with Crippen molar-refractivity contribution in [2.45, 2.75) is 64.1 Å². The van der Waals surface area contributed by atoms with Gasteiger partial charge in [0.05, 0.1) is 12.2 Å². The number of hydrogen-bond acceptors (Lipinski definition) is 3. The number of phenolic OH excluding ortho intramolecular Hbond substituents is 1. The van der Waals surface area contributed by atoms with Crippen molar-refractivity contribution in [2.75, 3.05) is 6.61 Å². The van der Waals surface area contributed by atoms with Crippen molar-refractivity contribution >= 4 is 0 Å². The molecule has 23 heavy (non-hydrogen) atoms. The zero-order valence-corrected chi connectivity index (χ0v) is 14.2. The zero-order chi connectivity index (χ0) is 16.2. The van der Waals surface area contributed by atoms with Crippen LogP contribution < -0.4 is 0 Å². The molecular formula is C20H28O3. The van der Waals surface area contributed by atoms with Gasteiger partial charge in [0.2, 0.25) is 0 Å². The maximum Gasteiger partial charge on any atom is 0.115 e. The van der Waals surface area contributed by atoms with Crippen LogP contribution in [-0.2, 0) is 11.2 Å². The average Bonchev–Trinajstić information content (AvgIpc) is 2.82. The van der Waals surface area contributed by atoms with E-state index >= 15 is 0 Å². The van der Waals surface area contributed by atoms with E-state index in [4.69, 9.17) is 4.74 Å². The monoisotopic (exact) mass is 316 g/mol. The molecular weight excluding hydrogens is 288 g/mol. The van der Waals surface area contributed by atoms with Crippen molar-refractivity contribution < 1.29 is 14.9 Å². The molecule has 0 radical (unpaired) electrons. The highest BCUT2D eigenvalue weighted by Crippen LogP contribution is 2.61. The van der Waals surface area contributed by atoms with Crippen LogP contribution in [0.5, 0.6) is 5.75 Å².